The SMILES string of the molecule is COc1cc(O)cc(O[C@H]2O[C@@H](CO)[C@H](O)[C@H]2O)c1C(=O)c1cc(O)cc(O)c1. The number of rotatable bonds is 6. The summed E-state index contributed by atoms with van der Waals surface area (Å²) in [7, 11) is 1.25. The highest BCUT2D eigenvalue weighted by atomic mass is 16.7. The van der Waals surface area contributed by atoms with E-state index in [0.29, 0.717) is 0 Å². The number of benzene rings is 2. The topological polar surface area (TPSA) is 166 Å². The molecule has 29 heavy (non-hydrogen) atoms. The van der Waals surface area contributed by atoms with Gasteiger partial charge in [-0.15, -0.1) is 0 Å². The molecule has 0 unspecified atom stereocenters. The van der Waals surface area contributed by atoms with Crippen molar-refractivity contribution in [2.24, 2.45) is 0 Å². The Morgan fingerprint density at radius 3 is 2.10 bits per heavy atom. The Morgan fingerprint density at radius 2 is 1.55 bits per heavy atom. The number of carbonyl (C=O) groups is 1. The second kappa shape index (κ2) is 8.13. The number of methoxy groups -OCH3 is 1. The molecule has 0 spiro atoms. The van der Waals surface area contributed by atoms with Crippen molar-refractivity contribution in [1.82, 2.24) is 0 Å². The van der Waals surface area contributed by atoms with Crippen LogP contribution in [0.15, 0.2) is 30.3 Å². The first kappa shape index (κ1) is 20.7. The summed E-state index contributed by atoms with van der Waals surface area (Å²) >= 11 is 0. The fourth-order valence-electron chi connectivity index (χ4n) is 3.01. The van der Waals surface area contributed by atoms with E-state index in [2.05, 4.69) is 0 Å². The average Bonchev–Trinajstić information content (AvgIpc) is 2.94. The molecule has 6 N–H and O–H groups in total. The standard InChI is InChI=1S/C19H20O10/c1-27-12-5-11(23)6-13(28-19-18(26)17(25)14(7-20)29-19)15(12)16(24)8-2-9(21)4-10(22)3-8/h2-6,14,17-23,25-26H,7H2,1H3/t14-,17-,18+,19-/m0/s1. The van der Waals surface area contributed by atoms with E-state index < -0.39 is 37.0 Å². The number of ketones is 1. The molecule has 0 saturated carbocycles. The molecule has 1 saturated heterocycles. The molecule has 2 aromatic rings. The van der Waals surface area contributed by atoms with Crippen LogP contribution in [0.2, 0.25) is 0 Å². The normalized spacial score (nSPS) is 23.7. The van der Waals surface area contributed by atoms with Gasteiger partial charge in [-0.3, -0.25) is 4.79 Å². The van der Waals surface area contributed by atoms with Gasteiger partial charge in [0.2, 0.25) is 12.1 Å². The molecule has 10 heteroatoms. The summed E-state index contributed by atoms with van der Waals surface area (Å²) in [5.41, 5.74) is -0.287. The van der Waals surface area contributed by atoms with Gasteiger partial charge in [0.15, 0.2) is 0 Å². The van der Waals surface area contributed by atoms with Gasteiger partial charge in [-0.25, -0.2) is 0 Å². The highest BCUT2D eigenvalue weighted by Crippen LogP contribution is 2.38. The zero-order valence-electron chi connectivity index (χ0n) is 15.2. The van der Waals surface area contributed by atoms with E-state index in [-0.39, 0.29) is 39.9 Å². The second-order valence-corrected chi connectivity index (χ2v) is 6.41. The highest BCUT2D eigenvalue weighted by Gasteiger charge is 2.44. The summed E-state index contributed by atoms with van der Waals surface area (Å²) in [5.74, 6) is -2.08. The second-order valence-electron chi connectivity index (χ2n) is 6.41. The third-order valence-electron chi connectivity index (χ3n) is 4.40. The lowest BCUT2D eigenvalue weighted by Gasteiger charge is -2.20. The number of carbonyl (C=O) groups excluding carboxylic acids is 1. The van der Waals surface area contributed by atoms with Crippen LogP contribution in [0.4, 0.5) is 0 Å². The minimum absolute atomic E-state index is 0.0837. The zero-order chi connectivity index (χ0) is 21.3. The molecule has 156 valence electrons. The maximum atomic E-state index is 13.0. The summed E-state index contributed by atoms with van der Waals surface area (Å²) in [6.07, 6.45) is -5.51. The maximum Gasteiger partial charge on any atom is 0.229 e. The van der Waals surface area contributed by atoms with Crippen molar-refractivity contribution in [1.29, 1.82) is 0 Å². The first-order chi connectivity index (χ1) is 13.7. The maximum absolute atomic E-state index is 13.0. The first-order valence-electron chi connectivity index (χ1n) is 8.53. The molecule has 1 aliphatic rings. The van der Waals surface area contributed by atoms with E-state index in [0.717, 1.165) is 30.3 Å². The van der Waals surface area contributed by atoms with E-state index in [1.165, 1.54) is 7.11 Å². The molecule has 1 fully saturated rings. The van der Waals surface area contributed by atoms with Crippen molar-refractivity contribution in [3.8, 4) is 28.7 Å². The number of hydrogen-bond acceptors (Lipinski definition) is 10. The third kappa shape index (κ3) is 4.05. The molecular weight excluding hydrogens is 388 g/mol. The van der Waals surface area contributed by atoms with Crippen molar-refractivity contribution < 1.29 is 49.6 Å². The molecule has 3 rings (SSSR count). The van der Waals surface area contributed by atoms with Crippen LogP contribution in [0.3, 0.4) is 0 Å². The molecular formula is C19H20O10. The number of aliphatic hydroxyl groups is 3. The summed E-state index contributed by atoms with van der Waals surface area (Å²) in [5, 5.41) is 58.4. The van der Waals surface area contributed by atoms with Gasteiger partial charge in [0, 0.05) is 23.8 Å². The summed E-state index contributed by atoms with van der Waals surface area (Å²) in [4.78, 5) is 13.0. The van der Waals surface area contributed by atoms with Crippen molar-refractivity contribution in [3.05, 3.63) is 41.5 Å². The van der Waals surface area contributed by atoms with Gasteiger partial charge in [0.1, 0.15) is 52.6 Å². The van der Waals surface area contributed by atoms with Crippen molar-refractivity contribution in [2.45, 2.75) is 24.6 Å². The fraction of sp³-hybridized carbons (Fsp3) is 0.316. The number of hydrogen-bond donors (Lipinski definition) is 6. The van der Waals surface area contributed by atoms with Gasteiger partial charge in [-0.1, -0.05) is 0 Å². The Balaban J connectivity index is 2.04. The molecule has 2 aromatic carbocycles. The molecule has 0 radical (unpaired) electrons. The van der Waals surface area contributed by atoms with E-state index in [4.69, 9.17) is 14.2 Å². The van der Waals surface area contributed by atoms with Gasteiger partial charge < -0.3 is 44.8 Å². The van der Waals surface area contributed by atoms with Crippen LogP contribution >= 0.6 is 0 Å². The molecule has 0 amide bonds. The van der Waals surface area contributed by atoms with Crippen LogP contribution in [0.25, 0.3) is 0 Å². The lowest BCUT2D eigenvalue weighted by molar-refractivity contribution is -0.116. The van der Waals surface area contributed by atoms with Gasteiger partial charge in [0.25, 0.3) is 0 Å². The summed E-state index contributed by atoms with van der Waals surface area (Å²) in [6.45, 7) is -0.574. The van der Waals surface area contributed by atoms with Crippen LogP contribution in [-0.4, -0.2) is 74.7 Å². The van der Waals surface area contributed by atoms with Crippen LogP contribution in [-0.2, 0) is 4.74 Å². The Hall–Kier alpha value is -3.05. The predicted octanol–water partition coefficient (Wildman–Crippen LogP) is -0.139. The highest BCUT2D eigenvalue weighted by molar-refractivity contribution is 6.13. The fourth-order valence-corrected chi connectivity index (χ4v) is 3.01. The molecule has 0 bridgehead atoms. The third-order valence-corrected chi connectivity index (χ3v) is 4.40. The monoisotopic (exact) mass is 408 g/mol. The van der Waals surface area contributed by atoms with Crippen LogP contribution in [0.5, 0.6) is 28.7 Å². The van der Waals surface area contributed by atoms with E-state index in [9.17, 15) is 35.4 Å². The van der Waals surface area contributed by atoms with Crippen molar-refractivity contribution >= 4 is 5.78 Å². The number of aliphatic hydroxyl groups excluding tert-OH is 3. The largest absolute Gasteiger partial charge is 0.508 e. The lowest BCUT2D eigenvalue weighted by atomic mass is 10.0. The number of aromatic hydroxyl groups is 3. The van der Waals surface area contributed by atoms with Gasteiger partial charge in [-0.2, -0.15) is 0 Å². The average molecular weight is 408 g/mol. The molecule has 1 heterocycles. The molecule has 10 nitrogen and oxygen atoms in total. The Morgan fingerprint density at radius 1 is 0.966 bits per heavy atom. The number of phenols is 3. The quantitative estimate of drug-likeness (QED) is 0.354. The smallest absolute Gasteiger partial charge is 0.229 e. The summed E-state index contributed by atoms with van der Waals surface area (Å²) < 4.78 is 15.9. The molecule has 1 aliphatic heterocycles. The summed E-state index contributed by atoms with van der Waals surface area (Å²) in [6, 6.07) is 5.50. The van der Waals surface area contributed by atoms with Crippen molar-refractivity contribution in [2.75, 3.05) is 13.7 Å². The number of phenolic OH excluding ortho intramolecular Hbond substituents is 3. The molecule has 0 aromatic heterocycles. The van der Waals surface area contributed by atoms with E-state index in [1.807, 2.05) is 0 Å². The minimum Gasteiger partial charge on any atom is -0.508 e. The Labute approximate surface area is 164 Å². The Bertz CT molecular complexity index is 892. The van der Waals surface area contributed by atoms with Gasteiger partial charge in [0.05, 0.1) is 13.7 Å². The van der Waals surface area contributed by atoms with Crippen LogP contribution < -0.4 is 9.47 Å². The van der Waals surface area contributed by atoms with Gasteiger partial charge >= 0.3 is 0 Å². The predicted molar refractivity (Wildman–Crippen MR) is 96.3 cm³/mol. The minimum atomic E-state index is -1.53. The van der Waals surface area contributed by atoms with Crippen LogP contribution in [0, 0.1) is 0 Å². The number of ether oxygens (including phenoxy) is 3. The van der Waals surface area contributed by atoms with Gasteiger partial charge in [-0.05, 0) is 12.1 Å². The first-order valence-corrected chi connectivity index (χ1v) is 8.53. The zero-order valence-corrected chi connectivity index (χ0v) is 15.2. The lowest BCUT2D eigenvalue weighted by Crippen LogP contribution is -2.35. The van der Waals surface area contributed by atoms with Crippen molar-refractivity contribution in [3.63, 3.8) is 0 Å². The van der Waals surface area contributed by atoms with E-state index >= 15 is 0 Å². The molecule has 0 aliphatic carbocycles. The van der Waals surface area contributed by atoms with Crippen LogP contribution in [0.1, 0.15) is 15.9 Å². The molecule has 4 atom stereocenters. The Kier molecular flexibility index (Phi) is 5.80. The van der Waals surface area contributed by atoms with E-state index in [1.54, 1.807) is 0 Å².